The lowest BCUT2D eigenvalue weighted by Crippen LogP contribution is -2.18. The van der Waals surface area contributed by atoms with E-state index in [1.165, 1.54) is 4.57 Å². The molecule has 0 radical (unpaired) electrons. The number of aryl methyl sites for hydroxylation is 1. The van der Waals surface area contributed by atoms with Crippen LogP contribution in [0.5, 0.6) is 0 Å². The maximum atomic E-state index is 12.7. The fourth-order valence-corrected chi connectivity index (χ4v) is 4.61. The Bertz CT molecular complexity index is 1590. The first kappa shape index (κ1) is 20.4. The van der Waals surface area contributed by atoms with Gasteiger partial charge in [0.2, 0.25) is 0 Å². The van der Waals surface area contributed by atoms with Crippen LogP contribution in [0.3, 0.4) is 0 Å². The lowest BCUT2D eigenvalue weighted by molar-refractivity contribution is 0.708. The van der Waals surface area contributed by atoms with E-state index in [4.69, 9.17) is 0 Å². The lowest BCUT2D eigenvalue weighted by atomic mass is 9.99. The summed E-state index contributed by atoms with van der Waals surface area (Å²) < 4.78 is 5.01. The second-order valence-corrected chi connectivity index (χ2v) is 9.24. The molecule has 2 aliphatic rings. The zero-order chi connectivity index (χ0) is 23.4. The van der Waals surface area contributed by atoms with E-state index in [-0.39, 0.29) is 11.1 Å². The largest absolute Gasteiger partial charge is 0.318 e. The van der Waals surface area contributed by atoms with Crippen LogP contribution in [0, 0.1) is 11.3 Å². The Labute approximate surface area is 196 Å². The molecule has 4 aromatic rings. The van der Waals surface area contributed by atoms with Gasteiger partial charge in [0, 0.05) is 54.9 Å². The lowest BCUT2D eigenvalue weighted by Gasteiger charge is -2.12. The first-order valence-corrected chi connectivity index (χ1v) is 11.5. The second-order valence-electron chi connectivity index (χ2n) is 9.24. The van der Waals surface area contributed by atoms with Crippen molar-refractivity contribution in [1.82, 2.24) is 18.9 Å². The number of rotatable bonds is 5. The van der Waals surface area contributed by atoms with Gasteiger partial charge in [-0.1, -0.05) is 12.1 Å². The van der Waals surface area contributed by atoms with Crippen LogP contribution in [0.15, 0.2) is 70.8 Å². The smallest absolute Gasteiger partial charge is 0.251 e. The Morgan fingerprint density at radius 1 is 0.971 bits per heavy atom. The first-order valence-electron chi connectivity index (χ1n) is 11.5. The van der Waals surface area contributed by atoms with Crippen molar-refractivity contribution in [3.63, 3.8) is 0 Å². The van der Waals surface area contributed by atoms with Crippen molar-refractivity contribution in [3.05, 3.63) is 93.0 Å². The highest BCUT2D eigenvalue weighted by atomic mass is 16.1. The fraction of sp³-hybridized carbons (Fsp3) is 0.259. The third-order valence-corrected chi connectivity index (χ3v) is 6.77. The summed E-state index contributed by atoms with van der Waals surface area (Å²) in [6, 6.07) is 13.6. The minimum atomic E-state index is -0.151. The van der Waals surface area contributed by atoms with Crippen LogP contribution in [-0.4, -0.2) is 18.9 Å². The summed E-state index contributed by atoms with van der Waals surface area (Å²) in [5, 5.41) is 14.4. The number of nitrogens with zero attached hydrogens (tertiary/aromatic N) is 5. The molecule has 0 N–H and O–H groups in total. The van der Waals surface area contributed by atoms with Crippen molar-refractivity contribution >= 4 is 0 Å². The summed E-state index contributed by atoms with van der Waals surface area (Å²) in [4.78, 5) is 25.2. The zero-order valence-electron chi connectivity index (χ0n) is 18.8. The van der Waals surface area contributed by atoms with Gasteiger partial charge in [-0.2, -0.15) is 10.4 Å². The maximum absolute atomic E-state index is 12.7. The Morgan fingerprint density at radius 3 is 2.50 bits per heavy atom. The molecule has 34 heavy (non-hydrogen) atoms. The van der Waals surface area contributed by atoms with Crippen LogP contribution < -0.4 is 11.1 Å². The number of hydrogen-bond donors (Lipinski definition) is 0. The molecule has 0 bridgehead atoms. The van der Waals surface area contributed by atoms with Crippen molar-refractivity contribution in [2.24, 2.45) is 7.05 Å². The highest BCUT2D eigenvalue weighted by molar-refractivity contribution is 5.82. The Hall–Kier alpha value is -4.18. The molecule has 3 aromatic heterocycles. The molecule has 2 fully saturated rings. The van der Waals surface area contributed by atoms with Gasteiger partial charge in [-0.25, -0.2) is 4.68 Å². The molecule has 1 aromatic carbocycles. The summed E-state index contributed by atoms with van der Waals surface area (Å²) >= 11 is 0. The van der Waals surface area contributed by atoms with E-state index in [0.29, 0.717) is 28.7 Å². The van der Waals surface area contributed by atoms with Gasteiger partial charge in [0.05, 0.1) is 17.4 Å². The van der Waals surface area contributed by atoms with E-state index in [9.17, 15) is 14.9 Å². The van der Waals surface area contributed by atoms with Crippen LogP contribution >= 0.6 is 0 Å². The van der Waals surface area contributed by atoms with Gasteiger partial charge in [0.15, 0.2) is 0 Å². The molecule has 0 atom stereocenters. The van der Waals surface area contributed by atoms with Gasteiger partial charge in [-0.15, -0.1) is 0 Å². The molecular weight excluding hydrogens is 426 g/mol. The molecule has 6 rings (SSSR count). The number of pyridine rings is 2. The summed E-state index contributed by atoms with van der Waals surface area (Å²) in [5.41, 5.74) is 5.27. The monoisotopic (exact) mass is 449 g/mol. The average Bonchev–Trinajstić information content (AvgIpc) is 3.78. The summed E-state index contributed by atoms with van der Waals surface area (Å²) in [6.07, 6.45) is 11.5. The van der Waals surface area contributed by atoms with Gasteiger partial charge >= 0.3 is 0 Å². The molecule has 0 aliphatic heterocycles. The quantitative estimate of drug-likeness (QED) is 0.458. The number of aromatic nitrogens is 4. The van der Waals surface area contributed by atoms with E-state index < -0.39 is 0 Å². The maximum Gasteiger partial charge on any atom is 0.251 e. The van der Waals surface area contributed by atoms with Crippen molar-refractivity contribution in [1.29, 1.82) is 5.26 Å². The normalized spacial score (nSPS) is 15.3. The van der Waals surface area contributed by atoms with Crippen LogP contribution in [0.25, 0.3) is 27.9 Å². The van der Waals surface area contributed by atoms with Crippen molar-refractivity contribution in [2.45, 2.75) is 37.6 Å². The highest BCUT2D eigenvalue weighted by Gasteiger charge is 2.28. The van der Waals surface area contributed by atoms with Gasteiger partial charge in [0.1, 0.15) is 6.07 Å². The third kappa shape index (κ3) is 3.48. The second kappa shape index (κ2) is 7.70. The van der Waals surface area contributed by atoms with Crippen molar-refractivity contribution in [3.8, 4) is 34.0 Å². The summed E-state index contributed by atoms with van der Waals surface area (Å²) in [6.45, 7) is 0. The minimum Gasteiger partial charge on any atom is -0.318 e. The molecule has 0 unspecified atom stereocenters. The van der Waals surface area contributed by atoms with E-state index in [1.54, 1.807) is 40.8 Å². The Balaban J connectivity index is 1.46. The average molecular weight is 450 g/mol. The van der Waals surface area contributed by atoms with Crippen LogP contribution in [0.1, 0.15) is 48.8 Å². The summed E-state index contributed by atoms with van der Waals surface area (Å²) in [7, 11) is 1.71. The van der Waals surface area contributed by atoms with Crippen molar-refractivity contribution < 1.29 is 0 Å². The predicted octanol–water partition coefficient (Wildman–Crippen LogP) is 4.15. The van der Waals surface area contributed by atoms with Gasteiger partial charge in [-0.3, -0.25) is 9.59 Å². The van der Waals surface area contributed by atoms with Crippen LogP contribution in [0.2, 0.25) is 0 Å². The van der Waals surface area contributed by atoms with Gasteiger partial charge in [0.25, 0.3) is 11.1 Å². The molecule has 7 nitrogen and oxygen atoms in total. The highest BCUT2D eigenvalue weighted by Crippen LogP contribution is 2.42. The Morgan fingerprint density at radius 2 is 1.79 bits per heavy atom. The SMILES string of the molecule is Cn1cc(-c2cnn(-c3cccc(C4CC4)c3C#N)c2)c(-c2ccn(C3CC3)c(=O)c2)cc1=O. The van der Waals surface area contributed by atoms with Gasteiger partial charge in [-0.05, 0) is 60.4 Å². The molecule has 3 heterocycles. The summed E-state index contributed by atoms with van der Waals surface area (Å²) in [5.74, 6) is 0.456. The third-order valence-electron chi connectivity index (χ3n) is 6.77. The van der Waals surface area contributed by atoms with Gasteiger partial charge < -0.3 is 9.13 Å². The standard InChI is InChI=1S/C27H23N5O2/c1-30-16-24(22(12-26(30)33)18-9-10-31(20-7-8-20)27(34)11-18)19-14-29-32(15-19)25-4-2-3-21(17-5-6-17)23(25)13-28/h2-4,9-12,14-17,20H,5-8H2,1H3. The minimum absolute atomic E-state index is 0.0575. The topological polar surface area (TPSA) is 85.6 Å². The predicted molar refractivity (Wildman–Crippen MR) is 129 cm³/mol. The van der Waals surface area contributed by atoms with E-state index in [1.807, 2.05) is 36.7 Å². The van der Waals surface area contributed by atoms with E-state index >= 15 is 0 Å². The van der Waals surface area contributed by atoms with Crippen LogP contribution in [0.4, 0.5) is 0 Å². The fourth-order valence-electron chi connectivity index (χ4n) is 4.61. The molecule has 7 heteroatoms. The molecule has 168 valence electrons. The molecule has 0 spiro atoms. The molecule has 2 aliphatic carbocycles. The molecular formula is C27H23N5O2. The molecule has 0 saturated heterocycles. The number of hydrogen-bond acceptors (Lipinski definition) is 4. The number of nitriles is 1. The Kier molecular flexibility index (Phi) is 4.63. The van der Waals surface area contributed by atoms with E-state index in [2.05, 4.69) is 11.2 Å². The van der Waals surface area contributed by atoms with Crippen molar-refractivity contribution in [2.75, 3.05) is 0 Å². The number of benzene rings is 1. The van der Waals surface area contributed by atoms with E-state index in [0.717, 1.165) is 48.1 Å². The molecule has 2 saturated carbocycles. The molecule has 0 amide bonds. The first-order chi connectivity index (χ1) is 16.5. The zero-order valence-corrected chi connectivity index (χ0v) is 18.8. The van der Waals surface area contributed by atoms with Crippen LogP contribution in [-0.2, 0) is 7.05 Å².